The van der Waals surface area contributed by atoms with Crippen molar-refractivity contribution in [2.75, 3.05) is 0 Å². The van der Waals surface area contributed by atoms with Crippen LogP contribution in [0.5, 0.6) is 5.75 Å². The zero-order chi connectivity index (χ0) is 21.0. The average Bonchev–Trinajstić information content (AvgIpc) is 2.99. The Balaban J connectivity index is 0.000000252. The molecule has 154 valence electrons. The zero-order valence-electron chi connectivity index (χ0n) is 15.5. The first-order chi connectivity index (χ1) is 13.8. The highest BCUT2D eigenvalue weighted by Gasteiger charge is 2.36. The first-order valence-electron chi connectivity index (χ1n) is 9.26. The van der Waals surface area contributed by atoms with Crippen LogP contribution in [0.2, 0.25) is 5.02 Å². The lowest BCUT2D eigenvalue weighted by Gasteiger charge is -2.31. The normalized spacial score (nSPS) is 18.7. The van der Waals surface area contributed by atoms with E-state index in [9.17, 15) is 13.6 Å². The predicted molar refractivity (Wildman–Crippen MR) is 105 cm³/mol. The van der Waals surface area contributed by atoms with Crippen molar-refractivity contribution in [3.05, 3.63) is 58.9 Å². The van der Waals surface area contributed by atoms with Gasteiger partial charge in [-0.1, -0.05) is 11.6 Å². The van der Waals surface area contributed by atoms with Crippen molar-refractivity contribution in [1.82, 2.24) is 15.2 Å². The van der Waals surface area contributed by atoms with Crippen LogP contribution in [0.1, 0.15) is 43.7 Å². The molecule has 9 heteroatoms. The molecule has 0 spiro atoms. The Morgan fingerprint density at radius 1 is 1.17 bits per heavy atom. The van der Waals surface area contributed by atoms with Crippen molar-refractivity contribution in [3.63, 3.8) is 0 Å². The highest BCUT2D eigenvalue weighted by atomic mass is 35.5. The van der Waals surface area contributed by atoms with Crippen LogP contribution in [0.15, 0.2) is 36.7 Å². The van der Waals surface area contributed by atoms with Gasteiger partial charge in [0.05, 0.1) is 17.3 Å². The van der Waals surface area contributed by atoms with Gasteiger partial charge in [-0.3, -0.25) is 15.3 Å². The molecule has 1 aromatic carbocycles. The van der Waals surface area contributed by atoms with Crippen LogP contribution in [0.3, 0.4) is 0 Å². The topological polar surface area (TPSA) is 89.3 Å². The van der Waals surface area contributed by atoms with Crippen molar-refractivity contribution < 1.29 is 18.7 Å². The van der Waals surface area contributed by atoms with Gasteiger partial charge in [-0.2, -0.15) is 0 Å². The van der Waals surface area contributed by atoms with Crippen molar-refractivity contribution in [1.29, 1.82) is 5.41 Å². The van der Waals surface area contributed by atoms with Gasteiger partial charge >= 0.3 is 6.03 Å². The number of rotatable bonds is 2. The number of amidine groups is 1. The second-order valence-corrected chi connectivity index (χ2v) is 7.45. The van der Waals surface area contributed by atoms with Crippen LogP contribution in [0.25, 0.3) is 0 Å². The summed E-state index contributed by atoms with van der Waals surface area (Å²) in [5.41, 5.74) is 0.401. The maximum atomic E-state index is 13.4. The third-order valence-corrected chi connectivity index (χ3v) is 5.08. The Labute approximate surface area is 172 Å². The summed E-state index contributed by atoms with van der Waals surface area (Å²) in [6.07, 6.45) is 6.73. The van der Waals surface area contributed by atoms with E-state index in [4.69, 9.17) is 22.1 Å². The number of carbonyl (C=O) groups excluding carboxylic acids is 1. The summed E-state index contributed by atoms with van der Waals surface area (Å²) >= 11 is 5.42. The van der Waals surface area contributed by atoms with E-state index in [-0.39, 0.29) is 23.7 Å². The lowest BCUT2D eigenvalue weighted by Crippen LogP contribution is -2.48. The smallest absolute Gasteiger partial charge is 0.323 e. The van der Waals surface area contributed by atoms with Crippen LogP contribution >= 0.6 is 11.6 Å². The Kier molecular flexibility index (Phi) is 6.64. The molecule has 1 aliphatic heterocycles. The quantitative estimate of drug-likeness (QED) is 0.650. The van der Waals surface area contributed by atoms with E-state index >= 15 is 0 Å². The van der Waals surface area contributed by atoms with E-state index in [1.54, 1.807) is 0 Å². The second-order valence-electron chi connectivity index (χ2n) is 7.01. The summed E-state index contributed by atoms with van der Waals surface area (Å²) in [7, 11) is 0. The van der Waals surface area contributed by atoms with Crippen LogP contribution in [-0.4, -0.2) is 32.9 Å². The molecule has 1 aliphatic carbocycles. The molecule has 2 aromatic rings. The lowest BCUT2D eigenvalue weighted by atomic mass is 9.93. The van der Waals surface area contributed by atoms with Gasteiger partial charge < -0.3 is 10.4 Å². The standard InChI is InChI=1S/C15H17F2N3O.C5H4ClNO/c16-10-6-9(7-11(17)8-10)13-4-5-14(18)20(13)15(21)19-12-2-1-3-12;6-4-1-5(8)3-7-2-4/h6-8,12-13,18H,1-5H2,(H,19,21);1-3,8H. The van der Waals surface area contributed by atoms with Crippen molar-refractivity contribution in [2.24, 2.45) is 0 Å². The van der Waals surface area contributed by atoms with Gasteiger partial charge in [0.2, 0.25) is 0 Å². The van der Waals surface area contributed by atoms with E-state index in [1.807, 2.05) is 0 Å². The maximum absolute atomic E-state index is 13.4. The second kappa shape index (κ2) is 9.17. The third kappa shape index (κ3) is 5.41. The molecule has 2 aliphatic rings. The van der Waals surface area contributed by atoms with Crippen LogP contribution < -0.4 is 5.32 Å². The molecular weight excluding hydrogens is 402 g/mol. The van der Waals surface area contributed by atoms with E-state index in [1.165, 1.54) is 35.5 Å². The Hall–Kier alpha value is -2.74. The van der Waals surface area contributed by atoms with E-state index < -0.39 is 17.7 Å². The van der Waals surface area contributed by atoms with Gasteiger partial charge in [0.25, 0.3) is 0 Å². The number of benzene rings is 1. The van der Waals surface area contributed by atoms with Gasteiger partial charge in [0.1, 0.15) is 23.2 Å². The summed E-state index contributed by atoms with van der Waals surface area (Å²) < 4.78 is 26.7. The van der Waals surface area contributed by atoms with Crippen molar-refractivity contribution in [3.8, 4) is 5.75 Å². The molecule has 1 saturated heterocycles. The molecule has 4 rings (SSSR count). The van der Waals surface area contributed by atoms with Crippen molar-refractivity contribution in [2.45, 2.75) is 44.2 Å². The number of nitrogens with zero attached hydrogens (tertiary/aromatic N) is 2. The minimum absolute atomic E-state index is 0.0949. The molecule has 1 aromatic heterocycles. The van der Waals surface area contributed by atoms with Gasteiger partial charge in [-0.05, 0) is 43.4 Å². The number of aromatic nitrogens is 1. The lowest BCUT2D eigenvalue weighted by molar-refractivity contribution is 0.200. The maximum Gasteiger partial charge on any atom is 0.323 e. The first kappa shape index (κ1) is 21.0. The monoisotopic (exact) mass is 422 g/mol. The largest absolute Gasteiger partial charge is 0.506 e. The van der Waals surface area contributed by atoms with E-state index in [0.717, 1.165) is 25.3 Å². The number of likely N-dealkylation sites (tertiary alicyclic amines) is 1. The molecule has 1 saturated carbocycles. The van der Waals surface area contributed by atoms with Crippen LogP contribution in [-0.2, 0) is 0 Å². The number of hydrogen-bond acceptors (Lipinski definition) is 4. The fourth-order valence-electron chi connectivity index (χ4n) is 3.26. The summed E-state index contributed by atoms with van der Waals surface area (Å²) in [5.74, 6) is -1.04. The zero-order valence-corrected chi connectivity index (χ0v) is 16.3. The Bertz CT molecular complexity index is 870. The minimum Gasteiger partial charge on any atom is -0.506 e. The summed E-state index contributed by atoms with van der Waals surface area (Å²) in [5, 5.41) is 19.9. The number of aromatic hydroxyl groups is 1. The molecule has 0 radical (unpaired) electrons. The number of halogens is 3. The number of carbonyl (C=O) groups is 1. The first-order valence-corrected chi connectivity index (χ1v) is 9.64. The fraction of sp³-hybridized carbons (Fsp3) is 0.350. The average molecular weight is 423 g/mol. The van der Waals surface area contributed by atoms with Crippen molar-refractivity contribution >= 4 is 23.5 Å². The van der Waals surface area contributed by atoms with Gasteiger partial charge in [-0.15, -0.1) is 0 Å². The van der Waals surface area contributed by atoms with E-state index in [2.05, 4.69) is 10.3 Å². The minimum atomic E-state index is -0.664. The molecule has 2 heterocycles. The fourth-order valence-corrected chi connectivity index (χ4v) is 3.42. The van der Waals surface area contributed by atoms with Gasteiger partial charge in [-0.25, -0.2) is 13.6 Å². The number of hydrogen-bond donors (Lipinski definition) is 3. The SMILES string of the molecule is N=C1CCC(c2cc(F)cc(F)c2)N1C(=O)NC1CCC1.Oc1cncc(Cl)c1. The molecule has 3 N–H and O–H groups in total. The number of amides is 2. The van der Waals surface area contributed by atoms with Crippen LogP contribution in [0.4, 0.5) is 13.6 Å². The molecule has 2 amide bonds. The third-order valence-electron chi connectivity index (χ3n) is 4.87. The number of pyridine rings is 1. The Morgan fingerprint density at radius 2 is 1.86 bits per heavy atom. The van der Waals surface area contributed by atoms with Gasteiger partial charge in [0, 0.05) is 30.8 Å². The molecule has 1 unspecified atom stereocenters. The highest BCUT2D eigenvalue weighted by Crippen LogP contribution is 2.34. The highest BCUT2D eigenvalue weighted by molar-refractivity contribution is 6.30. The van der Waals surface area contributed by atoms with Crippen LogP contribution in [0, 0.1) is 17.0 Å². The molecule has 1 atom stereocenters. The molecular formula is C20H21ClF2N4O2. The molecule has 2 fully saturated rings. The summed E-state index contributed by atoms with van der Waals surface area (Å²) in [6.45, 7) is 0. The van der Waals surface area contributed by atoms with E-state index in [0.29, 0.717) is 23.4 Å². The predicted octanol–water partition coefficient (Wildman–Crippen LogP) is 4.78. The summed E-state index contributed by atoms with van der Waals surface area (Å²) in [4.78, 5) is 17.2. The van der Waals surface area contributed by atoms with Gasteiger partial charge in [0.15, 0.2) is 0 Å². The molecule has 29 heavy (non-hydrogen) atoms. The number of urea groups is 1. The molecule has 6 nitrogen and oxygen atoms in total. The Morgan fingerprint density at radius 3 is 2.38 bits per heavy atom. The number of nitrogens with one attached hydrogen (secondary N) is 2. The summed E-state index contributed by atoms with van der Waals surface area (Å²) in [6, 6.07) is 4.05. The molecule has 0 bridgehead atoms.